The van der Waals surface area contributed by atoms with E-state index in [1.165, 1.54) is 47.9 Å². The molecule has 0 unspecified atom stereocenters. The van der Waals surface area contributed by atoms with Crippen LogP contribution in [0.25, 0.3) is 0 Å². The summed E-state index contributed by atoms with van der Waals surface area (Å²) in [4.78, 5) is 10.2. The molecule has 0 saturated heterocycles. The Balaban J connectivity index is 2.41. The first-order chi connectivity index (χ1) is 16.1. The predicted octanol–water partition coefficient (Wildman–Crippen LogP) is 9.55. The first kappa shape index (κ1) is 27.0. The lowest BCUT2D eigenvalue weighted by molar-refractivity contribution is 0.838. The first-order valence-corrected chi connectivity index (χ1v) is 13.4. The summed E-state index contributed by atoms with van der Waals surface area (Å²) in [6.45, 7) is 13.4. The predicted molar refractivity (Wildman–Crippen MR) is 148 cm³/mol. The highest BCUT2D eigenvalue weighted by Crippen LogP contribution is 2.24. The second-order valence-corrected chi connectivity index (χ2v) is 9.27. The van der Waals surface area contributed by atoms with Crippen LogP contribution < -0.4 is 0 Å². The van der Waals surface area contributed by atoms with E-state index in [0.29, 0.717) is 0 Å². The van der Waals surface area contributed by atoms with Crippen LogP contribution in [0.2, 0.25) is 0 Å². The maximum Gasteiger partial charge on any atom is 0.0636 e. The maximum atomic E-state index is 5.13. The molecule has 0 aliphatic carbocycles. The third-order valence-corrected chi connectivity index (χ3v) is 6.20. The Labute approximate surface area is 203 Å². The van der Waals surface area contributed by atoms with E-state index in [-0.39, 0.29) is 0 Å². The van der Waals surface area contributed by atoms with Crippen LogP contribution in [0.4, 0.5) is 11.4 Å². The topological polar surface area (TPSA) is 24.7 Å². The molecule has 2 rings (SSSR count). The lowest BCUT2D eigenvalue weighted by Crippen LogP contribution is -2.10. The number of unbranched alkanes of at least 4 members (excludes halogenated alkanes) is 1. The van der Waals surface area contributed by atoms with E-state index in [9.17, 15) is 0 Å². The largest absolute Gasteiger partial charge is 0.252 e. The molecule has 2 heteroatoms. The Morgan fingerprint density at radius 3 is 1.48 bits per heavy atom. The third kappa shape index (κ3) is 8.57. The number of aliphatic imine (C=N–C) groups is 2. The van der Waals surface area contributed by atoms with Gasteiger partial charge in [-0.1, -0.05) is 78.9 Å². The SMILES string of the molecule is CCCCC(=Nc1ccc(CCC)c(CCC)c1)C(C)=Nc1ccc(CCC)c(CCC)c1. The number of hydrogen-bond donors (Lipinski definition) is 0. The summed E-state index contributed by atoms with van der Waals surface area (Å²) >= 11 is 0. The van der Waals surface area contributed by atoms with Crippen molar-refractivity contribution in [3.05, 3.63) is 58.7 Å². The van der Waals surface area contributed by atoms with E-state index in [2.05, 4.69) is 77.9 Å². The van der Waals surface area contributed by atoms with Gasteiger partial charge in [0.2, 0.25) is 0 Å². The van der Waals surface area contributed by atoms with Crippen molar-refractivity contribution in [2.75, 3.05) is 0 Å². The van der Waals surface area contributed by atoms with Crippen LogP contribution in [0.3, 0.4) is 0 Å². The van der Waals surface area contributed by atoms with Crippen LogP contribution in [0.15, 0.2) is 46.4 Å². The number of nitrogens with zero attached hydrogens (tertiary/aromatic N) is 2. The molecule has 0 amide bonds. The molecule has 0 N–H and O–H groups in total. The molecule has 0 spiro atoms. The van der Waals surface area contributed by atoms with E-state index >= 15 is 0 Å². The van der Waals surface area contributed by atoms with Gasteiger partial charge in [-0.15, -0.1) is 0 Å². The second-order valence-electron chi connectivity index (χ2n) is 9.27. The molecule has 0 heterocycles. The molecule has 0 saturated carbocycles. The van der Waals surface area contributed by atoms with Gasteiger partial charge in [0.1, 0.15) is 0 Å². The van der Waals surface area contributed by atoms with Gasteiger partial charge in [-0.05, 0) is 92.0 Å². The molecule has 0 bridgehead atoms. The van der Waals surface area contributed by atoms with Gasteiger partial charge in [0.05, 0.1) is 22.8 Å². The Hall–Kier alpha value is -2.22. The zero-order chi connectivity index (χ0) is 24.1. The van der Waals surface area contributed by atoms with Gasteiger partial charge >= 0.3 is 0 Å². The van der Waals surface area contributed by atoms with E-state index in [1.54, 1.807) is 0 Å². The Morgan fingerprint density at radius 1 is 0.576 bits per heavy atom. The highest BCUT2D eigenvalue weighted by molar-refractivity contribution is 6.42. The fraction of sp³-hybridized carbons (Fsp3) is 0.548. The summed E-state index contributed by atoms with van der Waals surface area (Å²) in [5.41, 5.74) is 10.2. The van der Waals surface area contributed by atoms with Gasteiger partial charge in [0.15, 0.2) is 0 Å². The van der Waals surface area contributed by atoms with Crippen molar-refractivity contribution in [1.29, 1.82) is 0 Å². The summed E-state index contributed by atoms with van der Waals surface area (Å²) in [5, 5.41) is 0. The summed E-state index contributed by atoms with van der Waals surface area (Å²) < 4.78 is 0. The summed E-state index contributed by atoms with van der Waals surface area (Å²) in [5.74, 6) is 0. The van der Waals surface area contributed by atoms with Crippen molar-refractivity contribution in [2.45, 2.75) is 112 Å². The molecule has 0 aliphatic rings. The zero-order valence-electron chi connectivity index (χ0n) is 22.1. The standard InChI is InChI=1S/C31H46N2/c1-7-12-17-31(33-30-21-19-26(14-9-3)28(23-30)16-11-5)24(6)32-29-20-18-25(13-8-2)27(22-29)15-10-4/h18-23H,7-17H2,1-6H3. The molecule has 180 valence electrons. The average Bonchev–Trinajstić information content (AvgIpc) is 2.80. The van der Waals surface area contributed by atoms with Crippen LogP contribution in [0.5, 0.6) is 0 Å². The summed E-state index contributed by atoms with van der Waals surface area (Å²) in [7, 11) is 0. The third-order valence-electron chi connectivity index (χ3n) is 6.20. The van der Waals surface area contributed by atoms with Crippen molar-refractivity contribution in [2.24, 2.45) is 9.98 Å². The lowest BCUT2D eigenvalue weighted by atomic mass is 9.98. The molecule has 0 aromatic heterocycles. The summed E-state index contributed by atoms with van der Waals surface area (Å²) in [6, 6.07) is 13.6. The zero-order valence-corrected chi connectivity index (χ0v) is 22.1. The highest BCUT2D eigenvalue weighted by atomic mass is 14.8. The number of benzene rings is 2. The lowest BCUT2D eigenvalue weighted by Gasteiger charge is -2.12. The molecule has 2 nitrogen and oxygen atoms in total. The average molecular weight is 447 g/mol. The monoisotopic (exact) mass is 446 g/mol. The molecule has 2 aromatic carbocycles. The van der Waals surface area contributed by atoms with Gasteiger partial charge in [-0.3, -0.25) is 9.98 Å². The Kier molecular flexibility index (Phi) is 12.1. The molecular weight excluding hydrogens is 400 g/mol. The van der Waals surface area contributed by atoms with Crippen LogP contribution in [-0.4, -0.2) is 11.4 Å². The van der Waals surface area contributed by atoms with Crippen LogP contribution in [-0.2, 0) is 25.7 Å². The minimum Gasteiger partial charge on any atom is -0.252 e. The molecule has 0 aliphatic heterocycles. The summed E-state index contributed by atoms with van der Waals surface area (Å²) in [6.07, 6.45) is 12.5. The second kappa shape index (κ2) is 14.8. The Morgan fingerprint density at radius 2 is 1.03 bits per heavy atom. The van der Waals surface area contributed by atoms with Crippen molar-refractivity contribution in [3.8, 4) is 0 Å². The maximum absolute atomic E-state index is 5.13. The van der Waals surface area contributed by atoms with E-state index in [1.807, 2.05) is 0 Å². The normalized spacial score (nSPS) is 12.4. The highest BCUT2D eigenvalue weighted by Gasteiger charge is 2.09. The van der Waals surface area contributed by atoms with Crippen molar-refractivity contribution in [3.63, 3.8) is 0 Å². The van der Waals surface area contributed by atoms with Crippen molar-refractivity contribution >= 4 is 22.8 Å². The van der Waals surface area contributed by atoms with Crippen molar-refractivity contribution < 1.29 is 0 Å². The van der Waals surface area contributed by atoms with Crippen LogP contribution in [0.1, 0.15) is 109 Å². The van der Waals surface area contributed by atoms with Gasteiger partial charge < -0.3 is 0 Å². The molecule has 33 heavy (non-hydrogen) atoms. The van der Waals surface area contributed by atoms with E-state index < -0.39 is 0 Å². The van der Waals surface area contributed by atoms with E-state index in [4.69, 9.17) is 9.98 Å². The number of hydrogen-bond acceptors (Lipinski definition) is 2. The van der Waals surface area contributed by atoms with Gasteiger partial charge in [-0.25, -0.2) is 0 Å². The fourth-order valence-corrected chi connectivity index (χ4v) is 4.47. The van der Waals surface area contributed by atoms with Gasteiger partial charge in [0.25, 0.3) is 0 Å². The van der Waals surface area contributed by atoms with Crippen LogP contribution >= 0.6 is 0 Å². The smallest absolute Gasteiger partial charge is 0.0636 e. The van der Waals surface area contributed by atoms with Crippen molar-refractivity contribution in [1.82, 2.24) is 0 Å². The fourth-order valence-electron chi connectivity index (χ4n) is 4.47. The molecule has 0 fully saturated rings. The molecule has 2 aromatic rings. The molecule has 0 atom stereocenters. The number of aryl methyl sites for hydroxylation is 4. The minimum absolute atomic E-state index is 0.974. The first-order valence-electron chi connectivity index (χ1n) is 13.4. The van der Waals surface area contributed by atoms with Gasteiger partial charge in [0, 0.05) is 0 Å². The molecule has 0 radical (unpaired) electrons. The molecular formula is C31H46N2. The number of rotatable bonds is 14. The quantitative estimate of drug-likeness (QED) is 0.258. The van der Waals surface area contributed by atoms with Gasteiger partial charge in [-0.2, -0.15) is 0 Å². The van der Waals surface area contributed by atoms with E-state index in [0.717, 1.165) is 67.7 Å². The minimum atomic E-state index is 0.974. The van der Waals surface area contributed by atoms with Crippen LogP contribution in [0, 0.1) is 0 Å². The Bertz CT molecular complexity index is 921.